The van der Waals surface area contributed by atoms with E-state index in [2.05, 4.69) is 4.90 Å². The van der Waals surface area contributed by atoms with E-state index in [1.54, 1.807) is 0 Å². The molecule has 3 unspecified atom stereocenters. The predicted molar refractivity (Wildman–Crippen MR) is 77.2 cm³/mol. The SMILES string of the molecule is O=C1CCCC1C1CCCN1C(=O)C1CCCCS1. The third kappa shape index (κ3) is 2.69. The molecule has 19 heavy (non-hydrogen) atoms. The van der Waals surface area contributed by atoms with Crippen molar-refractivity contribution in [3.05, 3.63) is 0 Å². The molecule has 3 aliphatic rings. The van der Waals surface area contributed by atoms with Crippen molar-refractivity contribution >= 4 is 23.5 Å². The van der Waals surface area contributed by atoms with Crippen LogP contribution >= 0.6 is 11.8 Å². The fraction of sp³-hybridized carbons (Fsp3) is 0.867. The number of likely N-dealkylation sites (tertiary alicyclic amines) is 1. The van der Waals surface area contributed by atoms with Gasteiger partial charge in [0.25, 0.3) is 0 Å². The lowest BCUT2D eigenvalue weighted by Crippen LogP contribution is -2.45. The van der Waals surface area contributed by atoms with E-state index in [1.165, 1.54) is 12.8 Å². The maximum atomic E-state index is 12.7. The number of carbonyl (C=O) groups excluding carboxylic acids is 2. The Labute approximate surface area is 119 Å². The summed E-state index contributed by atoms with van der Waals surface area (Å²) in [4.78, 5) is 26.7. The lowest BCUT2D eigenvalue weighted by Gasteiger charge is -2.32. The van der Waals surface area contributed by atoms with Gasteiger partial charge in [0.2, 0.25) is 5.91 Å². The van der Waals surface area contributed by atoms with Gasteiger partial charge in [0.05, 0.1) is 5.25 Å². The molecule has 0 aromatic rings. The summed E-state index contributed by atoms with van der Waals surface area (Å²) < 4.78 is 0. The fourth-order valence-electron chi connectivity index (χ4n) is 3.85. The first kappa shape index (κ1) is 13.5. The largest absolute Gasteiger partial charge is 0.338 e. The number of hydrogen-bond donors (Lipinski definition) is 0. The minimum absolute atomic E-state index is 0.153. The Bertz CT molecular complexity index is 365. The van der Waals surface area contributed by atoms with Crippen molar-refractivity contribution in [1.82, 2.24) is 4.90 Å². The van der Waals surface area contributed by atoms with Crippen LogP contribution in [0.15, 0.2) is 0 Å². The fourth-order valence-corrected chi connectivity index (χ4v) is 5.12. The first-order valence-electron chi connectivity index (χ1n) is 7.72. The summed E-state index contributed by atoms with van der Waals surface area (Å²) in [7, 11) is 0. The molecule has 0 aromatic carbocycles. The number of carbonyl (C=O) groups is 2. The summed E-state index contributed by atoms with van der Waals surface area (Å²) in [6, 6.07) is 0.227. The summed E-state index contributed by atoms with van der Waals surface area (Å²) in [6.07, 6.45) is 8.36. The van der Waals surface area contributed by atoms with Crippen LogP contribution in [0.4, 0.5) is 0 Å². The quantitative estimate of drug-likeness (QED) is 0.781. The number of hydrogen-bond acceptors (Lipinski definition) is 3. The Balaban J connectivity index is 1.68. The summed E-state index contributed by atoms with van der Waals surface area (Å²) in [5, 5.41) is 0.172. The van der Waals surface area contributed by atoms with Crippen molar-refractivity contribution in [2.75, 3.05) is 12.3 Å². The van der Waals surface area contributed by atoms with Gasteiger partial charge in [0.15, 0.2) is 0 Å². The molecule has 0 radical (unpaired) electrons. The molecule has 0 spiro atoms. The van der Waals surface area contributed by atoms with Crippen LogP contribution in [0.3, 0.4) is 0 Å². The Morgan fingerprint density at radius 3 is 2.68 bits per heavy atom. The molecule has 2 aliphatic heterocycles. The minimum atomic E-state index is 0.153. The first-order valence-corrected chi connectivity index (χ1v) is 8.77. The Kier molecular flexibility index (Phi) is 4.15. The van der Waals surface area contributed by atoms with Crippen LogP contribution in [0.25, 0.3) is 0 Å². The van der Waals surface area contributed by atoms with E-state index in [0.717, 1.165) is 50.8 Å². The van der Waals surface area contributed by atoms with Crippen LogP contribution in [0.1, 0.15) is 51.4 Å². The average molecular weight is 281 g/mol. The number of Topliss-reactive ketones (excluding diaryl/α,β-unsaturated/α-hetero) is 1. The molecule has 0 N–H and O–H groups in total. The van der Waals surface area contributed by atoms with Gasteiger partial charge < -0.3 is 4.90 Å². The normalized spacial score (nSPS) is 35.9. The molecule has 0 aromatic heterocycles. The van der Waals surface area contributed by atoms with Gasteiger partial charge in [0.1, 0.15) is 5.78 Å². The zero-order valence-electron chi connectivity index (χ0n) is 11.5. The summed E-state index contributed by atoms with van der Waals surface area (Å²) in [6.45, 7) is 0.879. The second-order valence-corrected chi connectivity index (χ2v) is 7.37. The van der Waals surface area contributed by atoms with Crippen LogP contribution in [-0.4, -0.2) is 40.2 Å². The van der Waals surface area contributed by atoms with Crippen molar-refractivity contribution in [3.8, 4) is 0 Å². The van der Waals surface area contributed by atoms with Gasteiger partial charge in [-0.2, -0.15) is 0 Å². The van der Waals surface area contributed by atoms with Crippen LogP contribution in [0, 0.1) is 5.92 Å². The highest BCUT2D eigenvalue weighted by Gasteiger charge is 2.41. The van der Waals surface area contributed by atoms with E-state index in [9.17, 15) is 9.59 Å². The molecule has 1 amide bonds. The molecule has 2 saturated heterocycles. The number of nitrogens with zero attached hydrogens (tertiary/aromatic N) is 1. The second kappa shape index (κ2) is 5.86. The molecule has 1 aliphatic carbocycles. The van der Waals surface area contributed by atoms with Gasteiger partial charge in [-0.15, -0.1) is 11.8 Å². The zero-order chi connectivity index (χ0) is 13.2. The van der Waals surface area contributed by atoms with Gasteiger partial charge in [-0.25, -0.2) is 0 Å². The Hall–Kier alpha value is -0.510. The van der Waals surface area contributed by atoms with E-state index in [1.807, 2.05) is 11.8 Å². The molecular weight excluding hydrogens is 258 g/mol. The predicted octanol–water partition coefficient (Wildman–Crippen LogP) is 2.63. The van der Waals surface area contributed by atoms with Gasteiger partial charge in [-0.1, -0.05) is 6.42 Å². The maximum absolute atomic E-state index is 12.7. The molecule has 2 heterocycles. The van der Waals surface area contributed by atoms with Gasteiger partial charge >= 0.3 is 0 Å². The molecule has 4 heteroatoms. The summed E-state index contributed by atoms with van der Waals surface area (Å²) >= 11 is 1.83. The number of ketones is 1. The second-order valence-electron chi connectivity index (χ2n) is 6.06. The van der Waals surface area contributed by atoms with E-state index < -0.39 is 0 Å². The van der Waals surface area contributed by atoms with Gasteiger partial charge in [-0.3, -0.25) is 9.59 Å². The summed E-state index contributed by atoms with van der Waals surface area (Å²) in [5.74, 6) is 2.00. The lowest BCUT2D eigenvalue weighted by molar-refractivity contribution is -0.133. The first-order chi connectivity index (χ1) is 9.27. The third-order valence-electron chi connectivity index (χ3n) is 4.85. The standard InChI is InChI=1S/C15H23NO2S/c17-13-7-3-5-11(13)12-6-4-9-16(12)15(18)14-8-1-2-10-19-14/h11-12,14H,1-10H2. The van der Waals surface area contributed by atoms with Crippen molar-refractivity contribution < 1.29 is 9.59 Å². The van der Waals surface area contributed by atoms with Crippen LogP contribution < -0.4 is 0 Å². The molecule has 3 rings (SSSR count). The van der Waals surface area contributed by atoms with Crippen molar-refractivity contribution in [3.63, 3.8) is 0 Å². The highest BCUT2D eigenvalue weighted by Crippen LogP contribution is 2.35. The Morgan fingerprint density at radius 2 is 2.00 bits per heavy atom. The minimum Gasteiger partial charge on any atom is -0.338 e. The number of thioether (sulfide) groups is 1. The number of rotatable bonds is 2. The zero-order valence-corrected chi connectivity index (χ0v) is 12.3. The van der Waals surface area contributed by atoms with E-state index >= 15 is 0 Å². The van der Waals surface area contributed by atoms with Crippen LogP contribution in [-0.2, 0) is 9.59 Å². The van der Waals surface area contributed by atoms with E-state index in [-0.39, 0.29) is 17.2 Å². The van der Waals surface area contributed by atoms with Crippen molar-refractivity contribution in [1.29, 1.82) is 0 Å². The Morgan fingerprint density at radius 1 is 1.11 bits per heavy atom. The number of amides is 1. The third-order valence-corrected chi connectivity index (χ3v) is 6.22. The maximum Gasteiger partial charge on any atom is 0.235 e. The molecule has 3 nitrogen and oxygen atoms in total. The smallest absolute Gasteiger partial charge is 0.235 e. The van der Waals surface area contributed by atoms with Crippen molar-refractivity contribution in [2.24, 2.45) is 5.92 Å². The highest BCUT2D eigenvalue weighted by atomic mass is 32.2. The van der Waals surface area contributed by atoms with Crippen LogP contribution in [0.5, 0.6) is 0 Å². The van der Waals surface area contributed by atoms with E-state index in [4.69, 9.17) is 0 Å². The highest BCUT2D eigenvalue weighted by molar-refractivity contribution is 8.00. The molecule has 3 fully saturated rings. The van der Waals surface area contributed by atoms with Crippen molar-refractivity contribution in [2.45, 2.75) is 62.7 Å². The van der Waals surface area contributed by atoms with E-state index in [0.29, 0.717) is 11.7 Å². The monoisotopic (exact) mass is 281 g/mol. The molecule has 1 saturated carbocycles. The molecular formula is C15H23NO2S. The van der Waals surface area contributed by atoms with Gasteiger partial charge in [0, 0.05) is 24.9 Å². The van der Waals surface area contributed by atoms with Crippen LogP contribution in [0.2, 0.25) is 0 Å². The molecule has 106 valence electrons. The topological polar surface area (TPSA) is 37.4 Å². The average Bonchev–Trinajstić information content (AvgIpc) is 3.07. The molecule has 0 bridgehead atoms. The van der Waals surface area contributed by atoms with Gasteiger partial charge in [-0.05, 0) is 44.3 Å². The summed E-state index contributed by atoms with van der Waals surface area (Å²) in [5.41, 5.74) is 0. The lowest BCUT2D eigenvalue weighted by atomic mass is 9.95. The molecule has 3 atom stereocenters.